The van der Waals surface area contributed by atoms with Gasteiger partial charge in [-0.15, -0.1) is 0 Å². The third kappa shape index (κ3) is 2.83. The van der Waals surface area contributed by atoms with Crippen LogP contribution in [0.15, 0.2) is 24.3 Å². The van der Waals surface area contributed by atoms with Crippen LogP contribution in [0.2, 0.25) is 0 Å². The molecule has 3 rings (SSSR count). The molecule has 0 spiro atoms. The summed E-state index contributed by atoms with van der Waals surface area (Å²) in [7, 11) is -3.44. The number of carbonyl (C=O) groups is 1. The van der Waals surface area contributed by atoms with Crippen LogP contribution in [-0.4, -0.2) is 38.8 Å². The van der Waals surface area contributed by atoms with Crippen molar-refractivity contribution in [1.29, 1.82) is 0 Å². The first kappa shape index (κ1) is 14.2. The van der Waals surface area contributed by atoms with Gasteiger partial charge in [0.1, 0.15) is 5.75 Å². The first-order valence-electron chi connectivity index (χ1n) is 7.07. The van der Waals surface area contributed by atoms with Crippen molar-refractivity contribution < 1.29 is 17.9 Å². The number of nitrogens with one attached hydrogen (secondary N) is 1. The average Bonchev–Trinajstić information content (AvgIpc) is 3.30. The van der Waals surface area contributed by atoms with Crippen molar-refractivity contribution in [2.75, 3.05) is 16.6 Å². The molecule has 0 saturated heterocycles. The van der Waals surface area contributed by atoms with E-state index in [1.54, 1.807) is 31.2 Å². The van der Waals surface area contributed by atoms with Crippen molar-refractivity contribution in [3.05, 3.63) is 24.3 Å². The zero-order chi connectivity index (χ0) is 15.0. The molecule has 1 N–H and O–H groups in total. The summed E-state index contributed by atoms with van der Waals surface area (Å²) in [6.45, 7) is 1.61. The third-order valence-corrected chi connectivity index (χ3v) is 5.40. The highest BCUT2D eigenvalue weighted by Crippen LogP contribution is 2.35. The van der Waals surface area contributed by atoms with Crippen LogP contribution in [0, 0.1) is 0 Å². The topological polar surface area (TPSA) is 75.7 Å². The smallest absolute Gasteiger partial charge is 0.263 e. The fourth-order valence-corrected chi connectivity index (χ4v) is 3.40. The summed E-state index contributed by atoms with van der Waals surface area (Å²) in [5, 5.41) is 2.86. The summed E-state index contributed by atoms with van der Waals surface area (Å²) in [6, 6.07) is 7.11. The number of hydrogen-bond acceptors (Lipinski definition) is 4. The van der Waals surface area contributed by atoms with Crippen LogP contribution >= 0.6 is 0 Å². The fourth-order valence-electron chi connectivity index (χ4n) is 2.28. The molecule has 0 bridgehead atoms. The van der Waals surface area contributed by atoms with E-state index in [9.17, 15) is 13.2 Å². The van der Waals surface area contributed by atoms with Gasteiger partial charge in [0.15, 0.2) is 6.10 Å². The number of hydrogen-bond donors (Lipinski definition) is 1. The van der Waals surface area contributed by atoms with Crippen LogP contribution in [0.4, 0.5) is 5.69 Å². The molecule has 0 aromatic heterocycles. The second-order valence-electron chi connectivity index (χ2n) is 5.29. The Balaban J connectivity index is 1.90. The van der Waals surface area contributed by atoms with Crippen LogP contribution in [0.25, 0.3) is 0 Å². The van der Waals surface area contributed by atoms with Gasteiger partial charge in [0.05, 0.1) is 18.0 Å². The number of nitrogens with zero attached hydrogens (tertiary/aromatic N) is 1. The van der Waals surface area contributed by atoms with E-state index in [0.29, 0.717) is 11.4 Å². The summed E-state index contributed by atoms with van der Waals surface area (Å²) in [5.41, 5.74) is 0.495. The largest absolute Gasteiger partial charge is 0.476 e. The van der Waals surface area contributed by atoms with E-state index in [0.717, 1.165) is 12.8 Å². The van der Waals surface area contributed by atoms with Gasteiger partial charge in [-0.2, -0.15) is 0 Å². The summed E-state index contributed by atoms with van der Waals surface area (Å²) in [4.78, 5) is 12.2. The zero-order valence-electron chi connectivity index (χ0n) is 11.8. The minimum Gasteiger partial charge on any atom is -0.476 e. The van der Waals surface area contributed by atoms with Gasteiger partial charge in [-0.05, 0) is 31.9 Å². The van der Waals surface area contributed by atoms with E-state index in [-0.39, 0.29) is 24.2 Å². The van der Waals surface area contributed by atoms with Crippen molar-refractivity contribution in [3.63, 3.8) is 0 Å². The van der Waals surface area contributed by atoms with Crippen molar-refractivity contribution in [2.45, 2.75) is 31.9 Å². The molecule has 6 nitrogen and oxygen atoms in total. The second-order valence-corrected chi connectivity index (χ2v) is 7.47. The molecule has 2 aliphatic rings. The predicted molar refractivity (Wildman–Crippen MR) is 78.8 cm³/mol. The van der Waals surface area contributed by atoms with E-state index in [4.69, 9.17) is 4.74 Å². The van der Waals surface area contributed by atoms with E-state index in [1.807, 2.05) is 0 Å². The lowest BCUT2D eigenvalue weighted by molar-refractivity contribution is -0.127. The van der Waals surface area contributed by atoms with Crippen molar-refractivity contribution in [2.24, 2.45) is 0 Å². The molecule has 114 valence electrons. The van der Waals surface area contributed by atoms with Gasteiger partial charge in [-0.1, -0.05) is 12.1 Å². The normalized spacial score (nSPS) is 21.4. The Kier molecular flexibility index (Phi) is 3.52. The molecule has 1 amide bonds. The van der Waals surface area contributed by atoms with Gasteiger partial charge in [0, 0.05) is 6.04 Å². The molecular weight excluding hydrogens is 292 g/mol. The lowest BCUT2D eigenvalue weighted by Crippen LogP contribution is -2.51. The highest BCUT2D eigenvalue weighted by Gasteiger charge is 2.37. The zero-order valence-corrected chi connectivity index (χ0v) is 12.6. The summed E-state index contributed by atoms with van der Waals surface area (Å²) < 4.78 is 31.5. The van der Waals surface area contributed by atoms with Gasteiger partial charge >= 0.3 is 0 Å². The minimum atomic E-state index is -3.44. The Labute approximate surface area is 124 Å². The van der Waals surface area contributed by atoms with Gasteiger partial charge in [0.25, 0.3) is 5.91 Å². The Bertz CT molecular complexity index is 655. The number of rotatable bonds is 4. The summed E-state index contributed by atoms with van der Waals surface area (Å²) in [6.07, 6.45) is 1.15. The standard InChI is InChI=1S/C14H18N2O4S/c1-2-21(18,19)16-9-13(14(17)15-10-7-8-10)20-12-6-4-3-5-11(12)16/h3-6,10,13H,2,7-9H2,1H3,(H,15,17)/t13-/m0/s1. The third-order valence-electron chi connectivity index (χ3n) is 3.65. The molecule has 0 radical (unpaired) electrons. The fraction of sp³-hybridized carbons (Fsp3) is 0.500. The molecule has 0 unspecified atom stereocenters. The highest BCUT2D eigenvalue weighted by atomic mass is 32.2. The second kappa shape index (κ2) is 5.22. The molecule has 1 aliphatic carbocycles. The Hall–Kier alpha value is -1.76. The van der Waals surface area contributed by atoms with E-state index >= 15 is 0 Å². The Morgan fingerprint density at radius 2 is 2.10 bits per heavy atom. The van der Waals surface area contributed by atoms with Crippen LogP contribution in [0.1, 0.15) is 19.8 Å². The molecule has 1 aliphatic heterocycles. The molecule has 21 heavy (non-hydrogen) atoms. The van der Waals surface area contributed by atoms with Gasteiger partial charge < -0.3 is 10.1 Å². The van der Waals surface area contributed by atoms with E-state index in [1.165, 1.54) is 4.31 Å². The van der Waals surface area contributed by atoms with Crippen LogP contribution in [0.5, 0.6) is 5.75 Å². The first-order chi connectivity index (χ1) is 10.0. The Morgan fingerprint density at radius 3 is 2.76 bits per heavy atom. The number of benzene rings is 1. The molecule has 1 heterocycles. The molecule has 1 fully saturated rings. The highest BCUT2D eigenvalue weighted by molar-refractivity contribution is 7.92. The molecule has 1 aromatic carbocycles. The van der Waals surface area contributed by atoms with Gasteiger partial charge in [0.2, 0.25) is 10.0 Å². The van der Waals surface area contributed by atoms with E-state index in [2.05, 4.69) is 5.32 Å². The molecule has 7 heteroatoms. The molecular formula is C14H18N2O4S. The number of para-hydroxylation sites is 2. The number of anilines is 1. The van der Waals surface area contributed by atoms with Crippen LogP contribution in [-0.2, 0) is 14.8 Å². The lowest BCUT2D eigenvalue weighted by Gasteiger charge is -2.34. The summed E-state index contributed by atoms with van der Waals surface area (Å²) in [5.74, 6) is 0.165. The van der Waals surface area contributed by atoms with Crippen LogP contribution < -0.4 is 14.4 Å². The van der Waals surface area contributed by atoms with E-state index < -0.39 is 16.1 Å². The molecule has 1 saturated carbocycles. The average molecular weight is 310 g/mol. The lowest BCUT2D eigenvalue weighted by atomic mass is 10.2. The molecule has 1 atom stereocenters. The van der Waals surface area contributed by atoms with Crippen molar-refractivity contribution >= 4 is 21.6 Å². The Morgan fingerprint density at radius 1 is 1.38 bits per heavy atom. The number of sulfonamides is 1. The minimum absolute atomic E-state index is 0.0156. The maximum atomic E-state index is 12.3. The maximum absolute atomic E-state index is 12.3. The SMILES string of the molecule is CCS(=O)(=O)N1C[C@@H](C(=O)NC2CC2)Oc2ccccc21. The summed E-state index contributed by atoms with van der Waals surface area (Å²) >= 11 is 0. The molecule has 1 aromatic rings. The number of amides is 1. The first-order valence-corrected chi connectivity index (χ1v) is 8.68. The van der Waals surface area contributed by atoms with Crippen molar-refractivity contribution in [3.8, 4) is 5.75 Å². The quantitative estimate of drug-likeness (QED) is 0.896. The van der Waals surface area contributed by atoms with Gasteiger partial charge in [-0.25, -0.2) is 8.42 Å². The maximum Gasteiger partial charge on any atom is 0.263 e. The van der Waals surface area contributed by atoms with Crippen molar-refractivity contribution in [1.82, 2.24) is 5.32 Å². The number of fused-ring (bicyclic) bond motifs is 1. The monoisotopic (exact) mass is 310 g/mol. The van der Waals surface area contributed by atoms with Gasteiger partial charge in [-0.3, -0.25) is 9.10 Å². The number of carbonyl (C=O) groups excluding carboxylic acids is 1. The number of ether oxygens (including phenoxy) is 1. The predicted octanol–water partition coefficient (Wildman–Crippen LogP) is 0.882. The van der Waals surface area contributed by atoms with Crippen LogP contribution in [0.3, 0.4) is 0 Å².